The molecule has 0 aliphatic rings. The smallest absolute Gasteiger partial charge is 0.138 e. The number of ether oxygens (including phenoxy) is 1. The highest BCUT2D eigenvalue weighted by Gasteiger charge is 2.07. The molecule has 0 atom stereocenters. The summed E-state index contributed by atoms with van der Waals surface area (Å²) in [6.07, 6.45) is 0. The zero-order chi connectivity index (χ0) is 14.8. The van der Waals surface area contributed by atoms with Crippen molar-refractivity contribution in [1.29, 1.82) is 0 Å². The van der Waals surface area contributed by atoms with Crippen LogP contribution in [0, 0.1) is 0 Å². The lowest BCUT2D eigenvalue weighted by atomic mass is 10.2. The molecule has 0 N–H and O–H groups in total. The maximum Gasteiger partial charge on any atom is 0.138 e. The molecule has 0 unspecified atom stereocenters. The van der Waals surface area contributed by atoms with E-state index in [9.17, 15) is 0 Å². The predicted octanol–water partition coefficient (Wildman–Crippen LogP) is 5.88. The van der Waals surface area contributed by atoms with Gasteiger partial charge in [0.2, 0.25) is 0 Å². The number of rotatable bonds is 3. The number of hydrogen-bond donors (Lipinski definition) is 0. The molecule has 0 bridgehead atoms. The normalized spacial score (nSPS) is 10.8. The average Bonchev–Trinajstić information content (AvgIpc) is 2.46. The van der Waals surface area contributed by atoms with Crippen LogP contribution in [0.3, 0.4) is 0 Å². The Hall–Kier alpha value is -1.29. The maximum atomic E-state index is 6.20. The minimum Gasteiger partial charge on any atom is -0.487 e. The van der Waals surface area contributed by atoms with Crippen molar-refractivity contribution in [3.8, 4) is 5.75 Å². The third kappa shape index (κ3) is 3.31. The summed E-state index contributed by atoms with van der Waals surface area (Å²) >= 11 is 15.7. The summed E-state index contributed by atoms with van der Waals surface area (Å²) < 4.78 is 6.64. The van der Waals surface area contributed by atoms with Gasteiger partial charge in [-0.2, -0.15) is 0 Å². The van der Waals surface area contributed by atoms with Gasteiger partial charge in [-0.25, -0.2) is 4.98 Å². The van der Waals surface area contributed by atoms with Crippen LogP contribution in [0.1, 0.15) is 5.56 Å². The van der Waals surface area contributed by atoms with E-state index in [1.807, 2.05) is 42.5 Å². The second-order valence-electron chi connectivity index (χ2n) is 4.49. The number of nitrogens with zero attached hydrogens (tertiary/aromatic N) is 1. The van der Waals surface area contributed by atoms with E-state index in [0.717, 1.165) is 20.9 Å². The van der Waals surface area contributed by atoms with Crippen LogP contribution >= 0.6 is 39.1 Å². The Morgan fingerprint density at radius 3 is 2.67 bits per heavy atom. The molecule has 0 aliphatic heterocycles. The average molecular weight is 383 g/mol. The number of fused-ring (bicyclic) bond motifs is 1. The van der Waals surface area contributed by atoms with E-state index >= 15 is 0 Å². The van der Waals surface area contributed by atoms with Gasteiger partial charge in [0, 0.05) is 15.4 Å². The van der Waals surface area contributed by atoms with Crippen LogP contribution in [0.2, 0.25) is 10.2 Å². The lowest BCUT2D eigenvalue weighted by molar-refractivity contribution is 0.306. The van der Waals surface area contributed by atoms with Crippen LogP contribution in [-0.4, -0.2) is 4.98 Å². The fourth-order valence-electron chi connectivity index (χ4n) is 1.99. The first-order valence-electron chi connectivity index (χ1n) is 6.25. The van der Waals surface area contributed by atoms with Crippen molar-refractivity contribution in [2.24, 2.45) is 0 Å². The van der Waals surface area contributed by atoms with E-state index in [0.29, 0.717) is 22.5 Å². The third-order valence-corrected chi connectivity index (χ3v) is 4.14. The van der Waals surface area contributed by atoms with Crippen molar-refractivity contribution < 1.29 is 4.74 Å². The highest BCUT2D eigenvalue weighted by Crippen LogP contribution is 2.29. The molecule has 3 rings (SSSR count). The number of aromatic nitrogens is 1. The van der Waals surface area contributed by atoms with Gasteiger partial charge in [-0.3, -0.25) is 0 Å². The largest absolute Gasteiger partial charge is 0.487 e. The Balaban J connectivity index is 1.86. The topological polar surface area (TPSA) is 22.1 Å². The number of pyridine rings is 1. The summed E-state index contributed by atoms with van der Waals surface area (Å²) in [6, 6.07) is 15.3. The van der Waals surface area contributed by atoms with Crippen LogP contribution < -0.4 is 4.74 Å². The summed E-state index contributed by atoms with van der Waals surface area (Å²) in [6.45, 7) is 0.317. The first kappa shape index (κ1) is 14.6. The van der Waals surface area contributed by atoms with Gasteiger partial charge in [-0.05, 0) is 30.3 Å². The van der Waals surface area contributed by atoms with E-state index in [1.165, 1.54) is 0 Å². The highest BCUT2D eigenvalue weighted by atomic mass is 79.9. The van der Waals surface area contributed by atoms with Gasteiger partial charge in [0.15, 0.2) is 0 Å². The van der Waals surface area contributed by atoms with Crippen molar-refractivity contribution in [2.75, 3.05) is 0 Å². The Kier molecular flexibility index (Phi) is 4.34. The Labute approximate surface area is 140 Å². The number of halogens is 3. The minimum absolute atomic E-state index is 0.317. The Morgan fingerprint density at radius 1 is 1.05 bits per heavy atom. The van der Waals surface area contributed by atoms with Gasteiger partial charge >= 0.3 is 0 Å². The molecule has 0 saturated carbocycles. The quantitative estimate of drug-likeness (QED) is 0.527. The van der Waals surface area contributed by atoms with Crippen molar-refractivity contribution >= 4 is 50.0 Å². The van der Waals surface area contributed by atoms with Gasteiger partial charge in [0.05, 0.1) is 10.5 Å². The summed E-state index contributed by atoms with van der Waals surface area (Å²) in [5.74, 6) is 0.615. The molecule has 2 nitrogen and oxygen atoms in total. The van der Waals surface area contributed by atoms with Gasteiger partial charge in [0.1, 0.15) is 17.5 Å². The molecule has 3 aromatic rings. The molecular weight excluding hydrogens is 373 g/mol. The van der Waals surface area contributed by atoms with E-state index in [2.05, 4.69) is 20.9 Å². The number of hydrogen-bond acceptors (Lipinski definition) is 2. The summed E-state index contributed by atoms with van der Waals surface area (Å²) in [7, 11) is 0. The molecule has 5 heteroatoms. The Morgan fingerprint density at radius 2 is 1.86 bits per heavy atom. The standard InChI is InChI=1S/C16H10BrCl2NO/c17-12-5-6-15(13(18)8-12)21-9-11-7-10-3-1-2-4-14(10)20-16(11)19/h1-8H,9H2. The van der Waals surface area contributed by atoms with Gasteiger partial charge in [0.25, 0.3) is 0 Å². The molecule has 1 aromatic heterocycles. The van der Waals surface area contributed by atoms with Crippen LogP contribution in [0.15, 0.2) is 53.0 Å². The predicted molar refractivity (Wildman–Crippen MR) is 90.2 cm³/mol. The first-order valence-corrected chi connectivity index (χ1v) is 7.80. The molecule has 2 aromatic carbocycles. The van der Waals surface area contributed by atoms with Gasteiger partial charge in [-0.15, -0.1) is 0 Å². The fraction of sp³-hybridized carbons (Fsp3) is 0.0625. The summed E-state index contributed by atoms with van der Waals surface area (Å²) in [5, 5.41) is 2.03. The van der Waals surface area contributed by atoms with Crippen molar-refractivity contribution in [3.05, 3.63) is 68.7 Å². The summed E-state index contributed by atoms with van der Waals surface area (Å²) in [4.78, 5) is 4.37. The van der Waals surface area contributed by atoms with Crippen LogP contribution in [0.4, 0.5) is 0 Å². The van der Waals surface area contributed by atoms with E-state index < -0.39 is 0 Å². The molecule has 1 heterocycles. The Bertz CT molecular complexity index is 807. The molecular formula is C16H10BrCl2NO. The minimum atomic E-state index is 0.317. The van der Waals surface area contributed by atoms with Gasteiger partial charge in [-0.1, -0.05) is 57.3 Å². The molecule has 21 heavy (non-hydrogen) atoms. The maximum absolute atomic E-state index is 6.20. The fourth-order valence-corrected chi connectivity index (χ4v) is 2.91. The van der Waals surface area contributed by atoms with Gasteiger partial charge < -0.3 is 4.74 Å². The molecule has 0 spiro atoms. The molecule has 0 amide bonds. The molecule has 0 fully saturated rings. The number of para-hydroxylation sites is 1. The zero-order valence-electron chi connectivity index (χ0n) is 10.8. The summed E-state index contributed by atoms with van der Waals surface area (Å²) in [5.41, 5.74) is 1.70. The lowest BCUT2D eigenvalue weighted by Crippen LogP contribution is -1.98. The van der Waals surface area contributed by atoms with Crippen molar-refractivity contribution in [3.63, 3.8) is 0 Å². The highest BCUT2D eigenvalue weighted by molar-refractivity contribution is 9.10. The molecule has 0 aliphatic carbocycles. The molecule has 0 saturated heterocycles. The molecule has 0 radical (unpaired) electrons. The van der Waals surface area contributed by atoms with Crippen LogP contribution in [0.25, 0.3) is 10.9 Å². The van der Waals surface area contributed by atoms with Crippen molar-refractivity contribution in [2.45, 2.75) is 6.61 Å². The number of benzene rings is 2. The monoisotopic (exact) mass is 381 g/mol. The zero-order valence-corrected chi connectivity index (χ0v) is 13.9. The van der Waals surface area contributed by atoms with Crippen molar-refractivity contribution in [1.82, 2.24) is 4.98 Å². The third-order valence-electron chi connectivity index (χ3n) is 3.03. The van der Waals surface area contributed by atoms with Crippen LogP contribution in [0.5, 0.6) is 5.75 Å². The lowest BCUT2D eigenvalue weighted by Gasteiger charge is -2.10. The first-order chi connectivity index (χ1) is 10.1. The van der Waals surface area contributed by atoms with E-state index in [4.69, 9.17) is 27.9 Å². The molecule has 106 valence electrons. The van der Waals surface area contributed by atoms with E-state index in [-0.39, 0.29) is 0 Å². The second-order valence-corrected chi connectivity index (χ2v) is 6.18. The second kappa shape index (κ2) is 6.22. The van der Waals surface area contributed by atoms with Crippen LogP contribution in [-0.2, 0) is 6.61 Å². The SMILES string of the molecule is Clc1cc(Br)ccc1OCc1cc2ccccc2nc1Cl. The van der Waals surface area contributed by atoms with E-state index in [1.54, 1.807) is 6.07 Å².